The Morgan fingerprint density at radius 2 is 2.18 bits per heavy atom. The van der Waals surface area contributed by atoms with Gasteiger partial charge in [0.25, 0.3) is 0 Å². The lowest BCUT2D eigenvalue weighted by atomic mass is 10.3. The highest BCUT2D eigenvalue weighted by molar-refractivity contribution is 5.15. The minimum Gasteiger partial charge on any atom is -0.372 e. The highest BCUT2D eigenvalue weighted by atomic mass is 15.2. The Morgan fingerprint density at radius 3 is 2.55 bits per heavy atom. The lowest BCUT2D eigenvalue weighted by Gasteiger charge is -2.18. The van der Waals surface area contributed by atoms with Crippen LogP contribution in [0, 0.1) is 5.92 Å². The lowest BCUT2D eigenvalue weighted by molar-refractivity contribution is 0.404. The number of hydrogen-bond donors (Lipinski definition) is 0. The molecule has 0 saturated heterocycles. The van der Waals surface area contributed by atoms with Crippen molar-refractivity contribution in [3.05, 3.63) is 24.4 Å². The summed E-state index contributed by atoms with van der Waals surface area (Å²) in [6.07, 6.45) is 5.42. The Bertz CT molecular complexity index is 181. The predicted octanol–water partition coefficient (Wildman–Crippen LogP) is 2.42. The van der Waals surface area contributed by atoms with Gasteiger partial charge in [-0.05, 0) is 25.3 Å². The van der Waals surface area contributed by atoms with E-state index < -0.39 is 0 Å². The van der Waals surface area contributed by atoms with Crippen LogP contribution in [-0.4, -0.2) is 18.0 Å². The second-order valence-corrected chi connectivity index (χ2v) is 3.38. The monoisotopic (exact) mass is 151 g/mol. The van der Waals surface area contributed by atoms with Gasteiger partial charge in [-0.1, -0.05) is 19.6 Å². The molecule has 1 aliphatic rings. The summed E-state index contributed by atoms with van der Waals surface area (Å²) >= 11 is 0. The van der Waals surface area contributed by atoms with E-state index in [2.05, 4.69) is 31.5 Å². The maximum Gasteiger partial charge on any atom is 0.0316 e. The molecule has 1 heteroatoms. The Labute approximate surface area is 69.4 Å². The molecule has 0 unspecified atom stereocenters. The number of rotatable bonds is 3. The van der Waals surface area contributed by atoms with E-state index in [0.29, 0.717) is 0 Å². The van der Waals surface area contributed by atoms with Crippen molar-refractivity contribution in [2.24, 2.45) is 5.92 Å². The molecule has 2 atom stereocenters. The molecule has 0 radical (unpaired) electrons. The summed E-state index contributed by atoms with van der Waals surface area (Å²) in [4.78, 5) is 2.27. The average Bonchev–Trinajstić information content (AvgIpc) is 2.66. The first-order chi connectivity index (χ1) is 5.16. The Kier molecular flexibility index (Phi) is 2.38. The highest BCUT2D eigenvalue weighted by Crippen LogP contribution is 2.35. The second-order valence-electron chi connectivity index (χ2n) is 3.38. The van der Waals surface area contributed by atoms with Crippen LogP contribution in [-0.2, 0) is 0 Å². The molecule has 0 aromatic heterocycles. The molecule has 1 fully saturated rings. The third-order valence-corrected chi connectivity index (χ3v) is 2.38. The van der Waals surface area contributed by atoms with E-state index in [4.69, 9.17) is 0 Å². The molecule has 0 heterocycles. The van der Waals surface area contributed by atoms with Crippen molar-refractivity contribution >= 4 is 0 Å². The fourth-order valence-corrected chi connectivity index (χ4v) is 1.37. The summed E-state index contributed by atoms with van der Waals surface area (Å²) in [6, 6.07) is 0.749. The molecule has 1 aliphatic carbocycles. The lowest BCUT2D eigenvalue weighted by Crippen LogP contribution is -2.19. The van der Waals surface area contributed by atoms with Crippen LogP contribution in [0.5, 0.6) is 0 Å². The van der Waals surface area contributed by atoms with E-state index in [1.54, 1.807) is 0 Å². The van der Waals surface area contributed by atoms with Crippen molar-refractivity contribution in [3.63, 3.8) is 0 Å². The summed E-state index contributed by atoms with van der Waals surface area (Å²) < 4.78 is 0. The summed E-state index contributed by atoms with van der Waals surface area (Å²) in [5.74, 6) is 0.863. The maximum absolute atomic E-state index is 3.98. The first-order valence-electron chi connectivity index (χ1n) is 4.21. The van der Waals surface area contributed by atoms with Crippen molar-refractivity contribution in [2.45, 2.75) is 26.3 Å². The second kappa shape index (κ2) is 3.12. The summed E-state index contributed by atoms with van der Waals surface area (Å²) in [7, 11) is 2.12. The normalized spacial score (nSPS) is 29.0. The molecule has 0 spiro atoms. The Balaban J connectivity index is 2.41. The van der Waals surface area contributed by atoms with E-state index in [1.165, 1.54) is 6.42 Å². The summed E-state index contributed by atoms with van der Waals surface area (Å²) in [6.45, 7) is 8.28. The molecular weight excluding hydrogens is 134 g/mol. The van der Waals surface area contributed by atoms with Crippen LogP contribution in [0.4, 0.5) is 0 Å². The fourth-order valence-electron chi connectivity index (χ4n) is 1.37. The molecule has 0 aromatic rings. The van der Waals surface area contributed by atoms with Gasteiger partial charge in [0.15, 0.2) is 0 Å². The first-order valence-corrected chi connectivity index (χ1v) is 4.21. The van der Waals surface area contributed by atoms with Gasteiger partial charge in [-0.2, -0.15) is 0 Å². The molecule has 1 rings (SSSR count). The molecule has 1 saturated carbocycles. The largest absolute Gasteiger partial charge is 0.372 e. The maximum atomic E-state index is 3.98. The molecule has 62 valence electrons. The molecule has 1 nitrogen and oxygen atoms in total. The third-order valence-electron chi connectivity index (χ3n) is 2.38. The van der Waals surface area contributed by atoms with Gasteiger partial charge in [-0.3, -0.25) is 0 Å². The topological polar surface area (TPSA) is 3.24 Å². The van der Waals surface area contributed by atoms with E-state index in [9.17, 15) is 0 Å². The molecule has 0 amide bonds. The smallest absolute Gasteiger partial charge is 0.0316 e. The zero-order valence-corrected chi connectivity index (χ0v) is 7.67. The Morgan fingerprint density at radius 1 is 1.64 bits per heavy atom. The average molecular weight is 151 g/mol. The van der Waals surface area contributed by atoms with Crippen molar-refractivity contribution in [2.75, 3.05) is 7.05 Å². The van der Waals surface area contributed by atoms with Gasteiger partial charge in [0.2, 0.25) is 0 Å². The van der Waals surface area contributed by atoms with Gasteiger partial charge >= 0.3 is 0 Å². The minimum atomic E-state index is 0.749. The van der Waals surface area contributed by atoms with Gasteiger partial charge in [0.05, 0.1) is 0 Å². The zero-order chi connectivity index (χ0) is 8.43. The molecule has 0 aromatic carbocycles. The van der Waals surface area contributed by atoms with Crippen molar-refractivity contribution < 1.29 is 0 Å². The fraction of sp³-hybridized carbons (Fsp3) is 0.600. The highest BCUT2D eigenvalue weighted by Gasteiger charge is 2.36. The van der Waals surface area contributed by atoms with Gasteiger partial charge in [0, 0.05) is 18.8 Å². The van der Waals surface area contributed by atoms with Crippen LogP contribution in [0.15, 0.2) is 24.4 Å². The summed E-state index contributed by atoms with van der Waals surface area (Å²) in [5.41, 5.74) is 1.13. The van der Waals surface area contributed by atoms with Crippen molar-refractivity contribution in [1.29, 1.82) is 0 Å². The molecule has 11 heavy (non-hydrogen) atoms. The van der Waals surface area contributed by atoms with Crippen molar-refractivity contribution in [3.8, 4) is 0 Å². The standard InChI is InChI=1S/C10H17N/c1-5-6-9(3)11(4)10-7-8(10)2/h5-6,8,10H,3,7H2,1-2,4H3/b6-5-/t8-,10-/m0/s1. The first kappa shape index (κ1) is 8.38. The number of likely N-dealkylation sites (N-methyl/N-ethyl adjacent to an activating group) is 1. The van der Waals surface area contributed by atoms with Crippen molar-refractivity contribution in [1.82, 2.24) is 4.90 Å². The predicted molar refractivity (Wildman–Crippen MR) is 49.3 cm³/mol. The number of nitrogens with zero attached hydrogens (tertiary/aromatic N) is 1. The van der Waals surface area contributed by atoms with Crippen LogP contribution in [0.25, 0.3) is 0 Å². The third kappa shape index (κ3) is 1.86. The molecule has 0 bridgehead atoms. The van der Waals surface area contributed by atoms with Crippen LogP contribution in [0.1, 0.15) is 20.3 Å². The van der Waals surface area contributed by atoms with Gasteiger partial charge in [-0.25, -0.2) is 0 Å². The van der Waals surface area contributed by atoms with Crippen LogP contribution < -0.4 is 0 Å². The van der Waals surface area contributed by atoms with E-state index in [0.717, 1.165) is 17.7 Å². The zero-order valence-electron chi connectivity index (χ0n) is 7.67. The van der Waals surface area contributed by atoms with Gasteiger partial charge in [0.1, 0.15) is 0 Å². The number of hydrogen-bond acceptors (Lipinski definition) is 1. The minimum absolute atomic E-state index is 0.749. The van der Waals surface area contributed by atoms with Crippen LogP contribution >= 0.6 is 0 Å². The van der Waals surface area contributed by atoms with Crippen LogP contribution in [0.2, 0.25) is 0 Å². The van der Waals surface area contributed by atoms with Gasteiger partial charge in [-0.15, -0.1) is 0 Å². The molecule has 0 aliphatic heterocycles. The SMILES string of the molecule is C=C(/C=C\C)N(C)[C@H]1C[C@@H]1C. The quantitative estimate of drug-likeness (QED) is 0.560. The Hall–Kier alpha value is -0.720. The summed E-state index contributed by atoms with van der Waals surface area (Å²) in [5, 5.41) is 0. The van der Waals surface area contributed by atoms with E-state index in [-0.39, 0.29) is 0 Å². The van der Waals surface area contributed by atoms with E-state index in [1.807, 2.05) is 13.0 Å². The number of allylic oxidation sites excluding steroid dienone is 2. The van der Waals surface area contributed by atoms with Gasteiger partial charge < -0.3 is 4.90 Å². The molecular formula is C10H17N. The van der Waals surface area contributed by atoms with Crippen LogP contribution in [0.3, 0.4) is 0 Å². The van der Waals surface area contributed by atoms with E-state index >= 15 is 0 Å². The molecule has 0 N–H and O–H groups in total.